The molecule has 1 rings (SSSR count). The van der Waals surface area contributed by atoms with Crippen molar-refractivity contribution in [3.8, 4) is 0 Å². The molecule has 1 amide bonds. The normalized spacial score (nSPS) is 17.4. The van der Waals surface area contributed by atoms with Gasteiger partial charge in [-0.15, -0.1) is 0 Å². The molecule has 16 heavy (non-hydrogen) atoms. The fourth-order valence-electron chi connectivity index (χ4n) is 1.54. The summed E-state index contributed by atoms with van der Waals surface area (Å²) in [4.78, 5) is 13.3. The highest BCUT2D eigenvalue weighted by molar-refractivity contribution is 7.89. The van der Waals surface area contributed by atoms with Gasteiger partial charge in [0.2, 0.25) is 15.9 Å². The maximum Gasteiger partial charge on any atom is 0.237 e. The van der Waals surface area contributed by atoms with Crippen molar-refractivity contribution in [1.29, 1.82) is 0 Å². The van der Waals surface area contributed by atoms with Crippen molar-refractivity contribution in [2.45, 2.75) is 13.3 Å². The lowest BCUT2D eigenvalue weighted by molar-refractivity contribution is -0.130. The van der Waals surface area contributed by atoms with Crippen LogP contribution in [-0.4, -0.2) is 57.7 Å². The minimum absolute atomic E-state index is 0.0713. The number of nitrogens with one attached hydrogen (secondary N) is 2. The number of hydrogen-bond donors (Lipinski definition) is 2. The van der Waals surface area contributed by atoms with Crippen molar-refractivity contribution >= 4 is 15.9 Å². The first-order valence-electron chi connectivity index (χ1n) is 5.51. The first-order valence-corrected chi connectivity index (χ1v) is 7.16. The summed E-state index contributed by atoms with van der Waals surface area (Å²) in [5, 5.41) is 3.13. The van der Waals surface area contributed by atoms with Gasteiger partial charge < -0.3 is 10.2 Å². The summed E-state index contributed by atoms with van der Waals surface area (Å²) in [7, 11) is -3.28. The molecule has 0 atom stereocenters. The van der Waals surface area contributed by atoms with Crippen LogP contribution in [0.3, 0.4) is 0 Å². The molecule has 0 spiro atoms. The number of amides is 1. The maximum atomic E-state index is 11.6. The molecular formula is C9H19N3O3S. The number of sulfonamides is 1. The second kappa shape index (κ2) is 6.17. The molecule has 6 nitrogen and oxygen atoms in total. The summed E-state index contributed by atoms with van der Waals surface area (Å²) < 4.78 is 25.0. The van der Waals surface area contributed by atoms with E-state index in [1.807, 2.05) is 0 Å². The van der Waals surface area contributed by atoms with Crippen LogP contribution < -0.4 is 10.0 Å². The molecule has 7 heteroatoms. The molecule has 2 N–H and O–H groups in total. The summed E-state index contributed by atoms with van der Waals surface area (Å²) >= 11 is 0. The number of hydrogen-bond acceptors (Lipinski definition) is 4. The smallest absolute Gasteiger partial charge is 0.237 e. The third-order valence-corrected chi connectivity index (χ3v) is 3.92. The Kier molecular flexibility index (Phi) is 5.17. The van der Waals surface area contributed by atoms with Crippen LogP contribution in [-0.2, 0) is 14.8 Å². The number of rotatable bonds is 5. The average Bonchev–Trinajstić information content (AvgIpc) is 2.27. The third-order valence-electron chi connectivity index (χ3n) is 2.39. The Labute approximate surface area is 96.4 Å². The van der Waals surface area contributed by atoms with E-state index >= 15 is 0 Å². The minimum Gasteiger partial charge on any atom is -0.339 e. The Morgan fingerprint density at radius 1 is 1.38 bits per heavy atom. The SMILES string of the molecule is CCCS(=O)(=O)NCC(=O)N1CCNCC1. The average molecular weight is 249 g/mol. The van der Waals surface area contributed by atoms with Crippen LogP contribution in [0.25, 0.3) is 0 Å². The zero-order valence-electron chi connectivity index (χ0n) is 9.53. The molecule has 1 aliphatic heterocycles. The van der Waals surface area contributed by atoms with Gasteiger partial charge in [0.05, 0.1) is 12.3 Å². The topological polar surface area (TPSA) is 78.5 Å². The molecule has 0 unspecified atom stereocenters. The molecular weight excluding hydrogens is 230 g/mol. The van der Waals surface area contributed by atoms with Crippen molar-refractivity contribution in [2.24, 2.45) is 0 Å². The van der Waals surface area contributed by atoms with Crippen LogP contribution in [0.2, 0.25) is 0 Å². The van der Waals surface area contributed by atoms with Gasteiger partial charge in [0, 0.05) is 26.2 Å². The summed E-state index contributed by atoms with van der Waals surface area (Å²) in [5.74, 6) is -0.0804. The Morgan fingerprint density at radius 2 is 2.00 bits per heavy atom. The molecule has 1 heterocycles. The van der Waals surface area contributed by atoms with E-state index in [2.05, 4.69) is 10.0 Å². The molecule has 94 valence electrons. The van der Waals surface area contributed by atoms with Gasteiger partial charge in [-0.05, 0) is 6.42 Å². The molecule has 0 aliphatic carbocycles. The lowest BCUT2D eigenvalue weighted by atomic mass is 10.3. The number of carbonyl (C=O) groups excluding carboxylic acids is 1. The quantitative estimate of drug-likeness (QED) is 0.638. The van der Waals surface area contributed by atoms with Crippen molar-refractivity contribution < 1.29 is 13.2 Å². The van der Waals surface area contributed by atoms with E-state index in [1.165, 1.54) is 0 Å². The van der Waals surface area contributed by atoms with Crippen molar-refractivity contribution in [3.63, 3.8) is 0 Å². The van der Waals surface area contributed by atoms with E-state index in [0.717, 1.165) is 13.1 Å². The summed E-state index contributed by atoms with van der Waals surface area (Å²) in [6, 6.07) is 0. The zero-order chi connectivity index (χ0) is 12.0. The molecule has 0 bridgehead atoms. The first-order chi connectivity index (χ1) is 7.55. The largest absolute Gasteiger partial charge is 0.339 e. The van der Waals surface area contributed by atoms with Crippen LogP contribution in [0.15, 0.2) is 0 Å². The van der Waals surface area contributed by atoms with Gasteiger partial charge in [-0.3, -0.25) is 4.79 Å². The fraction of sp³-hybridized carbons (Fsp3) is 0.889. The van der Waals surface area contributed by atoms with E-state index in [1.54, 1.807) is 11.8 Å². The van der Waals surface area contributed by atoms with E-state index in [-0.39, 0.29) is 18.2 Å². The molecule has 0 saturated carbocycles. The number of nitrogens with zero attached hydrogens (tertiary/aromatic N) is 1. The van der Waals surface area contributed by atoms with Gasteiger partial charge in [0.1, 0.15) is 0 Å². The molecule has 0 aromatic heterocycles. The predicted molar refractivity (Wildman–Crippen MR) is 61.5 cm³/mol. The zero-order valence-corrected chi connectivity index (χ0v) is 10.3. The third kappa shape index (κ3) is 4.46. The van der Waals surface area contributed by atoms with Gasteiger partial charge in [0.25, 0.3) is 0 Å². The summed E-state index contributed by atoms with van der Waals surface area (Å²) in [5.41, 5.74) is 0. The molecule has 1 saturated heterocycles. The molecule has 0 aromatic carbocycles. The van der Waals surface area contributed by atoms with Crippen molar-refractivity contribution in [2.75, 3.05) is 38.5 Å². The number of carbonyl (C=O) groups is 1. The standard InChI is InChI=1S/C9H19N3O3S/c1-2-7-16(14,15)11-8-9(13)12-5-3-10-4-6-12/h10-11H,2-8H2,1H3. The van der Waals surface area contributed by atoms with Crippen LogP contribution >= 0.6 is 0 Å². The second-order valence-electron chi connectivity index (χ2n) is 3.77. The molecule has 1 aliphatic rings. The molecule has 0 aromatic rings. The molecule has 0 radical (unpaired) electrons. The van der Waals surface area contributed by atoms with Gasteiger partial charge in [0.15, 0.2) is 0 Å². The minimum atomic E-state index is -3.28. The highest BCUT2D eigenvalue weighted by Crippen LogP contribution is 1.94. The molecule has 1 fully saturated rings. The van der Waals surface area contributed by atoms with E-state index in [4.69, 9.17) is 0 Å². The Balaban J connectivity index is 2.34. The van der Waals surface area contributed by atoms with Gasteiger partial charge in [-0.2, -0.15) is 0 Å². The van der Waals surface area contributed by atoms with Crippen LogP contribution in [0.4, 0.5) is 0 Å². The maximum absolute atomic E-state index is 11.6. The second-order valence-corrected chi connectivity index (χ2v) is 5.70. The van der Waals surface area contributed by atoms with Crippen LogP contribution in [0.5, 0.6) is 0 Å². The number of piperazine rings is 1. The fourth-order valence-corrected chi connectivity index (χ4v) is 2.56. The van der Waals surface area contributed by atoms with Gasteiger partial charge in [-0.25, -0.2) is 13.1 Å². The monoisotopic (exact) mass is 249 g/mol. The Hall–Kier alpha value is -0.660. The van der Waals surface area contributed by atoms with Gasteiger partial charge >= 0.3 is 0 Å². The van der Waals surface area contributed by atoms with Crippen LogP contribution in [0, 0.1) is 0 Å². The van der Waals surface area contributed by atoms with E-state index in [9.17, 15) is 13.2 Å². The predicted octanol–water partition coefficient (Wildman–Crippen LogP) is -1.25. The van der Waals surface area contributed by atoms with Crippen molar-refractivity contribution in [1.82, 2.24) is 14.9 Å². The highest BCUT2D eigenvalue weighted by Gasteiger charge is 2.18. The van der Waals surface area contributed by atoms with E-state index < -0.39 is 10.0 Å². The summed E-state index contributed by atoms with van der Waals surface area (Å²) in [6.45, 7) is 4.50. The lowest BCUT2D eigenvalue weighted by Crippen LogP contribution is -2.49. The Morgan fingerprint density at radius 3 is 2.56 bits per heavy atom. The van der Waals surface area contributed by atoms with E-state index in [0.29, 0.717) is 19.5 Å². The van der Waals surface area contributed by atoms with Gasteiger partial charge in [-0.1, -0.05) is 6.92 Å². The van der Waals surface area contributed by atoms with Crippen LogP contribution in [0.1, 0.15) is 13.3 Å². The van der Waals surface area contributed by atoms with Crippen molar-refractivity contribution in [3.05, 3.63) is 0 Å². The lowest BCUT2D eigenvalue weighted by Gasteiger charge is -2.27. The Bertz CT molecular complexity index is 323. The highest BCUT2D eigenvalue weighted by atomic mass is 32.2. The first kappa shape index (κ1) is 13.4. The summed E-state index contributed by atoms with van der Waals surface area (Å²) in [6.07, 6.45) is 0.553.